The first-order valence-corrected chi connectivity index (χ1v) is 5.38. The summed E-state index contributed by atoms with van der Waals surface area (Å²) in [5.74, 6) is 0.502. The molecule has 0 amide bonds. The fourth-order valence-corrected chi connectivity index (χ4v) is 1.17. The monoisotopic (exact) mass is 216 g/mol. The van der Waals surface area contributed by atoms with E-state index in [1.165, 1.54) is 0 Å². The number of anilines is 1. The molecule has 84 valence electrons. The number of nitrogens with zero attached hydrogens (tertiary/aromatic N) is 2. The maximum atomic E-state index is 8.59. The lowest BCUT2D eigenvalue weighted by atomic mass is 10.3. The zero-order valence-electron chi connectivity index (χ0n) is 9.40. The van der Waals surface area contributed by atoms with Gasteiger partial charge in [-0.05, 0) is 18.6 Å². The first-order chi connectivity index (χ1) is 7.86. The second kappa shape index (κ2) is 7.30. The Morgan fingerprint density at radius 2 is 2.12 bits per heavy atom. The number of nitrogens with one attached hydrogen (secondary N) is 2. The van der Waals surface area contributed by atoms with E-state index in [2.05, 4.69) is 22.5 Å². The first-order valence-electron chi connectivity index (χ1n) is 5.38. The van der Waals surface area contributed by atoms with Crippen molar-refractivity contribution in [3.63, 3.8) is 0 Å². The largest absolute Gasteiger partial charge is 0.326 e. The maximum absolute atomic E-state index is 8.59. The van der Waals surface area contributed by atoms with Crippen molar-refractivity contribution in [3.8, 4) is 6.19 Å². The van der Waals surface area contributed by atoms with Gasteiger partial charge in [-0.2, -0.15) is 5.26 Å². The molecule has 0 atom stereocenters. The van der Waals surface area contributed by atoms with Gasteiger partial charge >= 0.3 is 0 Å². The van der Waals surface area contributed by atoms with Crippen LogP contribution in [0.15, 0.2) is 35.3 Å². The van der Waals surface area contributed by atoms with Crippen LogP contribution in [-0.2, 0) is 0 Å². The molecule has 2 N–H and O–H groups in total. The average molecular weight is 216 g/mol. The summed E-state index contributed by atoms with van der Waals surface area (Å²) >= 11 is 0. The summed E-state index contributed by atoms with van der Waals surface area (Å²) in [5, 5.41) is 14.2. The van der Waals surface area contributed by atoms with Crippen LogP contribution < -0.4 is 10.6 Å². The zero-order valence-corrected chi connectivity index (χ0v) is 9.40. The zero-order chi connectivity index (χ0) is 11.6. The molecule has 0 heterocycles. The molecule has 0 aliphatic heterocycles. The van der Waals surface area contributed by atoms with Gasteiger partial charge in [0, 0.05) is 12.2 Å². The molecule has 0 saturated heterocycles. The third-order valence-corrected chi connectivity index (χ3v) is 1.99. The number of unbranched alkanes of at least 4 members (excludes halogenated alkanes) is 1. The fraction of sp³-hybridized carbons (Fsp3) is 0.333. The third-order valence-electron chi connectivity index (χ3n) is 1.99. The molecule has 0 fully saturated rings. The number of aliphatic imine (C=N–C) groups is 1. The predicted molar refractivity (Wildman–Crippen MR) is 66.0 cm³/mol. The number of hydrogen-bond donors (Lipinski definition) is 2. The lowest BCUT2D eigenvalue weighted by Gasteiger charge is -2.07. The Morgan fingerprint density at radius 1 is 1.38 bits per heavy atom. The van der Waals surface area contributed by atoms with Crippen LogP contribution >= 0.6 is 0 Å². The Hall–Kier alpha value is -2.02. The molecule has 0 bridgehead atoms. The standard InChI is InChI=1S/C12H16N4/c1-2-3-9-14-12(15-10-13)16-11-7-5-4-6-8-11/h4-8H,2-3,9H2,1H3,(H2,14,15,16). The van der Waals surface area contributed by atoms with Gasteiger partial charge < -0.3 is 5.32 Å². The molecule has 0 saturated carbocycles. The minimum Gasteiger partial charge on any atom is -0.326 e. The molecule has 0 aliphatic rings. The van der Waals surface area contributed by atoms with E-state index < -0.39 is 0 Å². The summed E-state index contributed by atoms with van der Waals surface area (Å²) in [4.78, 5) is 4.27. The molecule has 0 unspecified atom stereocenters. The van der Waals surface area contributed by atoms with E-state index in [1.807, 2.05) is 36.5 Å². The van der Waals surface area contributed by atoms with Crippen molar-refractivity contribution in [1.82, 2.24) is 5.32 Å². The SMILES string of the molecule is CCCCN=C(NC#N)Nc1ccccc1. The third kappa shape index (κ3) is 4.47. The van der Waals surface area contributed by atoms with Crippen molar-refractivity contribution in [3.05, 3.63) is 30.3 Å². The van der Waals surface area contributed by atoms with Gasteiger partial charge in [0.05, 0.1) is 0 Å². The molecular weight excluding hydrogens is 200 g/mol. The first kappa shape index (κ1) is 12.1. The van der Waals surface area contributed by atoms with Gasteiger partial charge in [0.1, 0.15) is 0 Å². The van der Waals surface area contributed by atoms with E-state index in [1.54, 1.807) is 0 Å². The Kier molecular flexibility index (Phi) is 5.49. The van der Waals surface area contributed by atoms with Crippen LogP contribution in [-0.4, -0.2) is 12.5 Å². The van der Waals surface area contributed by atoms with E-state index >= 15 is 0 Å². The van der Waals surface area contributed by atoms with Crippen molar-refractivity contribution in [2.45, 2.75) is 19.8 Å². The van der Waals surface area contributed by atoms with E-state index in [4.69, 9.17) is 5.26 Å². The van der Waals surface area contributed by atoms with Crippen LogP contribution in [0.1, 0.15) is 19.8 Å². The lowest BCUT2D eigenvalue weighted by molar-refractivity contribution is 0.805. The van der Waals surface area contributed by atoms with Crippen LogP contribution in [0.4, 0.5) is 5.69 Å². The highest BCUT2D eigenvalue weighted by molar-refractivity contribution is 5.94. The Bertz CT molecular complexity index is 364. The molecule has 0 aromatic heterocycles. The van der Waals surface area contributed by atoms with Gasteiger partial charge in [0.2, 0.25) is 5.96 Å². The number of benzene rings is 1. The fourth-order valence-electron chi connectivity index (χ4n) is 1.17. The summed E-state index contributed by atoms with van der Waals surface area (Å²) in [7, 11) is 0. The highest BCUT2D eigenvalue weighted by Gasteiger charge is 1.97. The van der Waals surface area contributed by atoms with Crippen molar-refractivity contribution >= 4 is 11.6 Å². The molecule has 1 rings (SSSR count). The highest BCUT2D eigenvalue weighted by Crippen LogP contribution is 2.04. The number of hydrogen-bond acceptors (Lipinski definition) is 2. The second-order valence-electron chi connectivity index (χ2n) is 3.31. The van der Waals surface area contributed by atoms with Crippen LogP contribution in [0.2, 0.25) is 0 Å². The molecular formula is C12H16N4. The van der Waals surface area contributed by atoms with Crippen molar-refractivity contribution in [2.75, 3.05) is 11.9 Å². The number of rotatable bonds is 4. The smallest absolute Gasteiger partial charge is 0.209 e. The Morgan fingerprint density at radius 3 is 2.75 bits per heavy atom. The molecule has 1 aromatic rings. The molecule has 0 aliphatic carbocycles. The summed E-state index contributed by atoms with van der Waals surface area (Å²) in [6, 6.07) is 9.65. The van der Waals surface area contributed by atoms with Gasteiger partial charge in [0.15, 0.2) is 6.19 Å². The minimum absolute atomic E-state index is 0.502. The van der Waals surface area contributed by atoms with Gasteiger partial charge in [-0.25, -0.2) is 0 Å². The molecule has 4 heteroatoms. The van der Waals surface area contributed by atoms with Crippen molar-refractivity contribution in [2.24, 2.45) is 4.99 Å². The maximum Gasteiger partial charge on any atom is 0.209 e. The normalized spacial score (nSPS) is 10.6. The summed E-state index contributed by atoms with van der Waals surface area (Å²) in [6.07, 6.45) is 3.98. The van der Waals surface area contributed by atoms with Gasteiger partial charge in [-0.1, -0.05) is 31.5 Å². The van der Waals surface area contributed by atoms with Gasteiger partial charge in [-0.15, -0.1) is 0 Å². The molecule has 0 spiro atoms. The second-order valence-corrected chi connectivity index (χ2v) is 3.31. The number of guanidine groups is 1. The highest BCUT2D eigenvalue weighted by atomic mass is 15.2. The molecule has 4 nitrogen and oxygen atoms in total. The molecule has 16 heavy (non-hydrogen) atoms. The summed E-state index contributed by atoms with van der Waals surface area (Å²) in [6.45, 7) is 2.83. The Balaban J connectivity index is 2.58. The minimum atomic E-state index is 0.502. The molecule has 0 radical (unpaired) electrons. The predicted octanol–water partition coefficient (Wildman–Crippen LogP) is 2.33. The average Bonchev–Trinajstić information content (AvgIpc) is 2.31. The topological polar surface area (TPSA) is 60.2 Å². The van der Waals surface area contributed by atoms with Crippen LogP contribution in [0.5, 0.6) is 0 Å². The van der Waals surface area contributed by atoms with Crippen molar-refractivity contribution in [1.29, 1.82) is 5.26 Å². The summed E-state index contributed by atoms with van der Waals surface area (Å²) < 4.78 is 0. The quantitative estimate of drug-likeness (QED) is 0.267. The van der Waals surface area contributed by atoms with E-state index in [0.29, 0.717) is 5.96 Å². The van der Waals surface area contributed by atoms with Crippen LogP contribution in [0.3, 0.4) is 0 Å². The lowest BCUT2D eigenvalue weighted by Crippen LogP contribution is -2.27. The van der Waals surface area contributed by atoms with Gasteiger partial charge in [0.25, 0.3) is 0 Å². The van der Waals surface area contributed by atoms with Crippen LogP contribution in [0.25, 0.3) is 0 Å². The van der Waals surface area contributed by atoms with E-state index in [9.17, 15) is 0 Å². The number of nitriles is 1. The molecule has 1 aromatic carbocycles. The Labute approximate surface area is 96.0 Å². The van der Waals surface area contributed by atoms with Crippen molar-refractivity contribution < 1.29 is 0 Å². The van der Waals surface area contributed by atoms with E-state index in [-0.39, 0.29) is 0 Å². The van der Waals surface area contributed by atoms with Gasteiger partial charge in [-0.3, -0.25) is 10.3 Å². The summed E-state index contributed by atoms with van der Waals surface area (Å²) in [5.41, 5.74) is 0.917. The van der Waals surface area contributed by atoms with E-state index in [0.717, 1.165) is 25.1 Å². The number of para-hydroxylation sites is 1. The van der Waals surface area contributed by atoms with Crippen LogP contribution in [0, 0.1) is 11.5 Å².